The minimum absolute atomic E-state index is 0.154. The number of hydrogen-bond donors (Lipinski definition) is 2. The van der Waals surface area contributed by atoms with Crippen molar-refractivity contribution in [2.24, 2.45) is 11.7 Å². The molecule has 1 aliphatic rings. The molecule has 1 aromatic heterocycles. The molecule has 2 amide bonds. The second kappa shape index (κ2) is 7.45. The second-order valence-corrected chi connectivity index (χ2v) is 7.75. The van der Waals surface area contributed by atoms with E-state index in [1.54, 1.807) is 24.3 Å². The van der Waals surface area contributed by atoms with Crippen LogP contribution < -0.4 is 15.8 Å². The summed E-state index contributed by atoms with van der Waals surface area (Å²) in [4.78, 5) is 25.2. The quantitative estimate of drug-likeness (QED) is 0.833. The number of nitrogens with two attached hydrogens (primary N) is 1. The van der Waals surface area contributed by atoms with Gasteiger partial charge in [0.25, 0.3) is 11.8 Å². The first-order valence-electron chi connectivity index (χ1n) is 8.06. The van der Waals surface area contributed by atoms with Crippen LogP contribution >= 0.6 is 22.9 Å². The number of rotatable bonds is 5. The Hall–Kier alpha value is -2.05. The molecule has 5 nitrogen and oxygen atoms in total. The highest BCUT2D eigenvalue weighted by molar-refractivity contribution is 7.17. The van der Waals surface area contributed by atoms with E-state index in [-0.39, 0.29) is 12.5 Å². The summed E-state index contributed by atoms with van der Waals surface area (Å²) < 4.78 is 5.43. The van der Waals surface area contributed by atoms with Gasteiger partial charge < -0.3 is 15.8 Å². The van der Waals surface area contributed by atoms with Crippen molar-refractivity contribution < 1.29 is 14.3 Å². The van der Waals surface area contributed by atoms with E-state index in [1.807, 2.05) is 0 Å². The fourth-order valence-corrected chi connectivity index (χ4v) is 4.50. The number of nitrogens with one attached hydrogen (secondary N) is 1. The summed E-state index contributed by atoms with van der Waals surface area (Å²) in [6, 6.07) is 6.76. The van der Waals surface area contributed by atoms with Crippen LogP contribution in [0.3, 0.4) is 0 Å². The fourth-order valence-electron chi connectivity index (χ4n) is 2.94. The van der Waals surface area contributed by atoms with E-state index in [0.717, 1.165) is 29.7 Å². The molecule has 2 aromatic rings. The molecule has 0 radical (unpaired) electrons. The fraction of sp³-hybridized carbons (Fsp3) is 0.333. The van der Waals surface area contributed by atoms with Gasteiger partial charge in [-0.3, -0.25) is 9.59 Å². The molecule has 1 heterocycles. The number of carbonyl (C=O) groups is 2. The predicted octanol–water partition coefficient (Wildman–Crippen LogP) is 3.64. The first kappa shape index (κ1) is 17.8. The van der Waals surface area contributed by atoms with Gasteiger partial charge in [-0.1, -0.05) is 18.5 Å². The largest absolute Gasteiger partial charge is 0.484 e. The van der Waals surface area contributed by atoms with Crippen LogP contribution in [-0.4, -0.2) is 18.4 Å². The van der Waals surface area contributed by atoms with Crippen LogP contribution in [0.15, 0.2) is 24.3 Å². The number of halogens is 1. The monoisotopic (exact) mass is 378 g/mol. The number of amides is 2. The molecule has 3 rings (SSSR count). The second-order valence-electron chi connectivity index (χ2n) is 6.21. The zero-order chi connectivity index (χ0) is 18.0. The molecular weight excluding hydrogens is 360 g/mol. The highest BCUT2D eigenvalue weighted by atomic mass is 35.5. The topological polar surface area (TPSA) is 81.4 Å². The number of fused-ring (bicyclic) bond motifs is 1. The minimum Gasteiger partial charge on any atom is -0.484 e. The number of anilines is 1. The Bertz CT molecular complexity index is 801. The summed E-state index contributed by atoms with van der Waals surface area (Å²) in [5.74, 6) is 0.294. The Morgan fingerprint density at radius 3 is 2.76 bits per heavy atom. The lowest BCUT2D eigenvalue weighted by Gasteiger charge is -2.18. The molecule has 25 heavy (non-hydrogen) atoms. The molecule has 0 bridgehead atoms. The van der Waals surface area contributed by atoms with E-state index in [0.29, 0.717) is 27.3 Å². The summed E-state index contributed by atoms with van der Waals surface area (Å²) in [6.07, 6.45) is 2.76. The summed E-state index contributed by atoms with van der Waals surface area (Å²) in [5, 5.41) is 3.90. The zero-order valence-electron chi connectivity index (χ0n) is 13.8. The lowest BCUT2D eigenvalue weighted by atomic mass is 9.88. The lowest BCUT2D eigenvalue weighted by molar-refractivity contribution is -0.118. The van der Waals surface area contributed by atoms with Gasteiger partial charge in [-0.15, -0.1) is 11.3 Å². The molecule has 7 heteroatoms. The van der Waals surface area contributed by atoms with E-state index in [2.05, 4.69) is 12.2 Å². The molecule has 0 aliphatic heterocycles. The summed E-state index contributed by atoms with van der Waals surface area (Å²) in [7, 11) is 0. The summed E-state index contributed by atoms with van der Waals surface area (Å²) in [6.45, 7) is 2.03. The van der Waals surface area contributed by atoms with Crippen LogP contribution in [0.2, 0.25) is 5.02 Å². The van der Waals surface area contributed by atoms with Gasteiger partial charge in [0.15, 0.2) is 6.61 Å². The van der Waals surface area contributed by atoms with Crippen LogP contribution in [0.25, 0.3) is 0 Å². The van der Waals surface area contributed by atoms with Crippen molar-refractivity contribution in [2.75, 3.05) is 11.9 Å². The van der Waals surface area contributed by atoms with Gasteiger partial charge in [0.05, 0.1) is 5.56 Å². The van der Waals surface area contributed by atoms with Crippen LogP contribution in [0, 0.1) is 5.92 Å². The summed E-state index contributed by atoms with van der Waals surface area (Å²) >= 11 is 7.25. The number of thiophene rings is 1. The van der Waals surface area contributed by atoms with Gasteiger partial charge in [-0.25, -0.2) is 0 Å². The molecule has 0 saturated carbocycles. The average molecular weight is 379 g/mol. The SMILES string of the molecule is C[C@@H]1CCc2c(sc(NC(=O)COc3ccc(Cl)cc3)c2C(N)=O)C1. The van der Waals surface area contributed by atoms with Gasteiger partial charge in [-0.05, 0) is 55.0 Å². The van der Waals surface area contributed by atoms with E-state index in [4.69, 9.17) is 22.1 Å². The first-order chi connectivity index (χ1) is 11.9. The Morgan fingerprint density at radius 2 is 2.08 bits per heavy atom. The average Bonchev–Trinajstić information content (AvgIpc) is 2.91. The van der Waals surface area contributed by atoms with Crippen molar-refractivity contribution in [3.8, 4) is 5.75 Å². The van der Waals surface area contributed by atoms with Crippen molar-refractivity contribution in [2.45, 2.75) is 26.2 Å². The normalized spacial score (nSPS) is 16.2. The van der Waals surface area contributed by atoms with Gasteiger partial charge in [-0.2, -0.15) is 0 Å². The van der Waals surface area contributed by atoms with E-state index in [9.17, 15) is 9.59 Å². The van der Waals surface area contributed by atoms with Crippen LogP contribution in [-0.2, 0) is 17.6 Å². The third-order valence-corrected chi connectivity index (χ3v) is 5.62. The zero-order valence-corrected chi connectivity index (χ0v) is 15.4. The van der Waals surface area contributed by atoms with Crippen molar-refractivity contribution in [3.63, 3.8) is 0 Å². The Kier molecular flexibility index (Phi) is 5.30. The summed E-state index contributed by atoms with van der Waals surface area (Å²) in [5.41, 5.74) is 6.99. The maximum Gasteiger partial charge on any atom is 0.262 e. The highest BCUT2D eigenvalue weighted by Gasteiger charge is 2.27. The molecule has 1 atom stereocenters. The number of hydrogen-bond acceptors (Lipinski definition) is 4. The van der Waals surface area contributed by atoms with Gasteiger partial charge in [0.2, 0.25) is 0 Å². The minimum atomic E-state index is -0.499. The molecule has 0 saturated heterocycles. The standard InChI is InChI=1S/C18H19ClN2O3S/c1-10-2-7-13-14(8-10)25-18(16(13)17(20)23)21-15(22)9-24-12-5-3-11(19)4-6-12/h3-6,10H,2,7-9H2,1H3,(H2,20,23)(H,21,22)/t10-/m1/s1. The lowest BCUT2D eigenvalue weighted by Crippen LogP contribution is -2.22. The predicted molar refractivity (Wildman–Crippen MR) is 99.6 cm³/mol. The van der Waals surface area contributed by atoms with Crippen molar-refractivity contribution in [3.05, 3.63) is 45.3 Å². The van der Waals surface area contributed by atoms with Gasteiger partial charge in [0.1, 0.15) is 10.8 Å². The molecule has 0 spiro atoms. The molecule has 1 aromatic carbocycles. The van der Waals surface area contributed by atoms with Crippen molar-refractivity contribution >= 4 is 39.8 Å². The third kappa shape index (κ3) is 4.14. The van der Waals surface area contributed by atoms with Crippen molar-refractivity contribution in [1.29, 1.82) is 0 Å². The van der Waals surface area contributed by atoms with E-state index < -0.39 is 5.91 Å². The smallest absolute Gasteiger partial charge is 0.262 e. The third-order valence-electron chi connectivity index (χ3n) is 4.19. The van der Waals surface area contributed by atoms with Crippen LogP contribution in [0.4, 0.5) is 5.00 Å². The molecule has 0 unspecified atom stereocenters. The number of ether oxygens (including phenoxy) is 1. The molecule has 3 N–H and O–H groups in total. The van der Waals surface area contributed by atoms with Crippen molar-refractivity contribution in [1.82, 2.24) is 0 Å². The maximum atomic E-state index is 12.2. The maximum absolute atomic E-state index is 12.2. The van der Waals surface area contributed by atoms with E-state index >= 15 is 0 Å². The molecule has 132 valence electrons. The number of carbonyl (C=O) groups excluding carboxylic acids is 2. The van der Waals surface area contributed by atoms with Crippen LogP contribution in [0.1, 0.15) is 34.1 Å². The Balaban J connectivity index is 1.70. The van der Waals surface area contributed by atoms with E-state index in [1.165, 1.54) is 11.3 Å². The molecular formula is C18H19ClN2O3S. The Morgan fingerprint density at radius 1 is 1.36 bits per heavy atom. The number of benzene rings is 1. The van der Waals surface area contributed by atoms with Gasteiger partial charge >= 0.3 is 0 Å². The Labute approximate surface area is 155 Å². The molecule has 0 fully saturated rings. The highest BCUT2D eigenvalue weighted by Crippen LogP contribution is 2.39. The first-order valence-corrected chi connectivity index (χ1v) is 9.26. The number of primary amides is 1. The molecule has 1 aliphatic carbocycles. The van der Waals surface area contributed by atoms with Gasteiger partial charge in [0, 0.05) is 9.90 Å². The van der Waals surface area contributed by atoms with Crippen LogP contribution in [0.5, 0.6) is 5.75 Å².